The van der Waals surface area contributed by atoms with Gasteiger partial charge in [0.25, 0.3) is 0 Å². The van der Waals surface area contributed by atoms with Gasteiger partial charge < -0.3 is 25.2 Å². The molecule has 0 saturated carbocycles. The summed E-state index contributed by atoms with van der Waals surface area (Å²) in [6.45, 7) is 3.95. The van der Waals surface area contributed by atoms with E-state index in [1.165, 1.54) is 0 Å². The van der Waals surface area contributed by atoms with E-state index in [1.54, 1.807) is 6.92 Å². The average Bonchev–Trinajstić information content (AvgIpc) is 3.27. The fourth-order valence-electron chi connectivity index (χ4n) is 5.11. The van der Waals surface area contributed by atoms with Crippen molar-refractivity contribution in [1.29, 1.82) is 0 Å². The molecule has 0 aliphatic heterocycles. The Bertz CT molecular complexity index is 1270. The molecule has 8 heteroatoms. The molecule has 40 heavy (non-hydrogen) atoms. The quantitative estimate of drug-likeness (QED) is 0.271. The first kappa shape index (κ1) is 28.8. The van der Waals surface area contributed by atoms with Crippen molar-refractivity contribution in [2.24, 2.45) is 0 Å². The van der Waals surface area contributed by atoms with Crippen molar-refractivity contribution in [3.8, 4) is 11.1 Å². The lowest BCUT2D eigenvalue weighted by Crippen LogP contribution is -2.50. The van der Waals surface area contributed by atoms with Gasteiger partial charge in [0.05, 0.1) is 12.7 Å². The summed E-state index contributed by atoms with van der Waals surface area (Å²) in [5, 5.41) is 15.1. The first-order valence-electron chi connectivity index (χ1n) is 13.7. The van der Waals surface area contributed by atoms with Gasteiger partial charge in [0.1, 0.15) is 6.61 Å². The Balaban J connectivity index is 1.31. The van der Waals surface area contributed by atoms with E-state index in [-0.39, 0.29) is 25.6 Å². The second-order valence-corrected chi connectivity index (χ2v) is 10.0. The number of nitrogens with one attached hydrogen (secondary N) is 2. The first-order chi connectivity index (χ1) is 19.4. The highest BCUT2D eigenvalue weighted by atomic mass is 16.5. The van der Waals surface area contributed by atoms with E-state index >= 15 is 0 Å². The Morgan fingerprint density at radius 3 is 2.08 bits per heavy atom. The van der Waals surface area contributed by atoms with Gasteiger partial charge in [-0.25, -0.2) is 9.59 Å². The third-order valence-corrected chi connectivity index (χ3v) is 7.14. The molecule has 4 rings (SSSR count). The Morgan fingerprint density at radius 1 is 0.875 bits per heavy atom. The van der Waals surface area contributed by atoms with Crippen molar-refractivity contribution < 1.29 is 29.0 Å². The summed E-state index contributed by atoms with van der Waals surface area (Å²) in [6.07, 6.45) is -0.188. The molecule has 0 fully saturated rings. The number of amides is 2. The van der Waals surface area contributed by atoms with E-state index in [1.807, 2.05) is 61.5 Å². The minimum Gasteiger partial charge on any atom is -0.480 e. The molecule has 0 spiro atoms. The summed E-state index contributed by atoms with van der Waals surface area (Å²) in [4.78, 5) is 37.5. The molecule has 3 aromatic carbocycles. The van der Waals surface area contributed by atoms with E-state index in [2.05, 4.69) is 34.9 Å². The van der Waals surface area contributed by atoms with E-state index < -0.39 is 36.2 Å². The van der Waals surface area contributed by atoms with Gasteiger partial charge in [0.15, 0.2) is 6.04 Å². The Morgan fingerprint density at radius 2 is 1.48 bits per heavy atom. The number of benzene rings is 3. The van der Waals surface area contributed by atoms with E-state index in [0.717, 1.165) is 34.2 Å². The molecule has 1 aliphatic rings. The number of carboxylic acid groups (broad SMARTS) is 1. The molecule has 1 aliphatic carbocycles. The molecule has 0 bridgehead atoms. The predicted molar refractivity (Wildman–Crippen MR) is 152 cm³/mol. The molecular formula is C32H36N2O6. The highest BCUT2D eigenvalue weighted by molar-refractivity contribution is 5.84. The van der Waals surface area contributed by atoms with E-state index in [0.29, 0.717) is 6.42 Å². The summed E-state index contributed by atoms with van der Waals surface area (Å²) in [5.41, 5.74) is 5.42. The molecule has 210 valence electrons. The van der Waals surface area contributed by atoms with Crippen molar-refractivity contribution in [1.82, 2.24) is 10.6 Å². The summed E-state index contributed by atoms with van der Waals surface area (Å²) in [6, 6.07) is 23.9. The molecule has 0 radical (unpaired) electrons. The molecule has 0 aromatic heterocycles. The van der Waals surface area contributed by atoms with Crippen molar-refractivity contribution in [2.75, 3.05) is 6.61 Å². The van der Waals surface area contributed by atoms with Crippen molar-refractivity contribution in [3.63, 3.8) is 0 Å². The maximum Gasteiger partial charge on any atom is 0.407 e. The second-order valence-electron chi connectivity index (χ2n) is 10.0. The van der Waals surface area contributed by atoms with Crippen LogP contribution < -0.4 is 10.6 Å². The van der Waals surface area contributed by atoms with Gasteiger partial charge in [-0.2, -0.15) is 0 Å². The average molecular weight is 545 g/mol. The summed E-state index contributed by atoms with van der Waals surface area (Å²) < 4.78 is 11.3. The molecule has 0 heterocycles. The van der Waals surface area contributed by atoms with Gasteiger partial charge in [-0.1, -0.05) is 92.2 Å². The van der Waals surface area contributed by atoms with Crippen molar-refractivity contribution >= 4 is 18.0 Å². The normalized spacial score (nSPS) is 14.3. The lowest BCUT2D eigenvalue weighted by molar-refractivity contribution is -0.146. The number of fused-ring (bicyclic) bond motifs is 3. The van der Waals surface area contributed by atoms with Gasteiger partial charge in [0, 0.05) is 18.4 Å². The van der Waals surface area contributed by atoms with Crippen LogP contribution in [0.15, 0.2) is 78.9 Å². The number of hydrogen-bond donors (Lipinski definition) is 3. The number of rotatable bonds is 13. The third kappa shape index (κ3) is 7.27. The zero-order chi connectivity index (χ0) is 28.5. The number of carbonyl (C=O) groups excluding carboxylic acids is 2. The van der Waals surface area contributed by atoms with Gasteiger partial charge in [-0.3, -0.25) is 4.79 Å². The highest BCUT2D eigenvalue weighted by Gasteiger charge is 2.30. The van der Waals surface area contributed by atoms with Crippen molar-refractivity contribution in [2.45, 2.75) is 63.8 Å². The number of aliphatic carboxylic acids is 1. The molecule has 8 nitrogen and oxygen atoms in total. The smallest absolute Gasteiger partial charge is 0.407 e. The van der Waals surface area contributed by atoms with Crippen LogP contribution in [-0.2, 0) is 25.7 Å². The summed E-state index contributed by atoms with van der Waals surface area (Å²) in [7, 11) is 0. The standard InChI is InChI=1S/C32H36N2O6/c1-3-11-23(18-29(35)34-30(31(36)37)21(2)39-19-22-12-5-4-6-13-22)33-32(38)40-20-28-26-16-9-7-14-24(26)25-15-8-10-17-27(25)28/h4-10,12-17,21,23,28,30H,3,11,18-20H2,1-2H3,(H,33,38)(H,34,35)(H,36,37)/t21-,23?,30+/m0/s1. The molecule has 1 unspecified atom stereocenters. The highest BCUT2D eigenvalue weighted by Crippen LogP contribution is 2.44. The predicted octanol–water partition coefficient (Wildman–Crippen LogP) is 5.26. The number of hydrogen-bond acceptors (Lipinski definition) is 5. The van der Waals surface area contributed by atoms with Crippen LogP contribution in [0.2, 0.25) is 0 Å². The van der Waals surface area contributed by atoms with Crippen LogP contribution >= 0.6 is 0 Å². The Kier molecular flexibility index (Phi) is 9.91. The van der Waals surface area contributed by atoms with Crippen LogP contribution in [0.3, 0.4) is 0 Å². The lowest BCUT2D eigenvalue weighted by atomic mass is 9.98. The maximum absolute atomic E-state index is 12.8. The SMILES string of the molecule is CCCC(CC(=O)N[C@@H](C(=O)O)[C@H](C)OCc1ccccc1)NC(=O)OCC1c2ccccc2-c2ccccc21. The fourth-order valence-corrected chi connectivity index (χ4v) is 5.11. The van der Waals surface area contributed by atoms with Crippen LogP contribution in [0.5, 0.6) is 0 Å². The number of carboxylic acids is 1. The van der Waals surface area contributed by atoms with Crippen molar-refractivity contribution in [3.05, 3.63) is 95.6 Å². The number of carbonyl (C=O) groups is 3. The maximum atomic E-state index is 12.8. The monoisotopic (exact) mass is 544 g/mol. The molecular weight excluding hydrogens is 508 g/mol. The van der Waals surface area contributed by atoms with Crippen LogP contribution in [0.4, 0.5) is 4.79 Å². The summed E-state index contributed by atoms with van der Waals surface area (Å²) >= 11 is 0. The Labute approximate surface area is 234 Å². The first-order valence-corrected chi connectivity index (χ1v) is 13.7. The number of ether oxygens (including phenoxy) is 2. The van der Waals surface area contributed by atoms with E-state index in [4.69, 9.17) is 9.47 Å². The van der Waals surface area contributed by atoms with Gasteiger partial charge in [-0.15, -0.1) is 0 Å². The lowest BCUT2D eigenvalue weighted by Gasteiger charge is -2.24. The van der Waals surface area contributed by atoms with Gasteiger partial charge in [-0.05, 0) is 41.2 Å². The third-order valence-electron chi connectivity index (χ3n) is 7.14. The number of alkyl carbamates (subject to hydrolysis) is 1. The Hall–Kier alpha value is -4.17. The molecule has 3 N–H and O–H groups in total. The largest absolute Gasteiger partial charge is 0.480 e. The summed E-state index contributed by atoms with van der Waals surface area (Å²) in [5.74, 6) is -1.75. The molecule has 0 saturated heterocycles. The van der Waals surface area contributed by atoms with Crippen LogP contribution in [0.1, 0.15) is 55.7 Å². The topological polar surface area (TPSA) is 114 Å². The van der Waals surface area contributed by atoms with Crippen LogP contribution in [0.25, 0.3) is 11.1 Å². The zero-order valence-electron chi connectivity index (χ0n) is 22.8. The van der Waals surface area contributed by atoms with Crippen LogP contribution in [-0.4, -0.2) is 47.9 Å². The van der Waals surface area contributed by atoms with Gasteiger partial charge in [0.2, 0.25) is 5.91 Å². The molecule has 3 aromatic rings. The zero-order valence-corrected chi connectivity index (χ0v) is 22.8. The molecule has 2 amide bonds. The van der Waals surface area contributed by atoms with E-state index in [9.17, 15) is 19.5 Å². The fraction of sp³-hybridized carbons (Fsp3) is 0.344. The second kappa shape index (κ2) is 13.8. The van der Waals surface area contributed by atoms with Gasteiger partial charge >= 0.3 is 12.1 Å². The minimum atomic E-state index is -1.23. The van der Waals surface area contributed by atoms with Crippen LogP contribution in [0, 0.1) is 0 Å². The molecule has 3 atom stereocenters. The minimum absolute atomic E-state index is 0.0697.